The quantitative estimate of drug-likeness (QED) is 0.758. The number of benzene rings is 1. The SMILES string of the molecule is CC(C)(C)OC(=O)N1CCC[C@@H]1C(=O)N1CCN(C(=O)c2ccc(F)cc2)CC1. The number of piperazine rings is 1. The number of ether oxygens (including phenoxy) is 1. The van der Waals surface area contributed by atoms with E-state index in [4.69, 9.17) is 4.74 Å². The molecule has 158 valence electrons. The Kier molecular flexibility index (Phi) is 6.10. The van der Waals surface area contributed by atoms with Gasteiger partial charge in [0, 0.05) is 38.3 Å². The molecule has 29 heavy (non-hydrogen) atoms. The first-order valence-electron chi connectivity index (χ1n) is 9.99. The zero-order chi connectivity index (χ0) is 21.2. The Labute approximate surface area is 170 Å². The summed E-state index contributed by atoms with van der Waals surface area (Å²) in [5.74, 6) is -0.654. The fraction of sp³-hybridized carbons (Fsp3) is 0.571. The van der Waals surface area contributed by atoms with Crippen LogP contribution in [0.4, 0.5) is 9.18 Å². The van der Waals surface area contributed by atoms with Gasteiger partial charge in [0.15, 0.2) is 0 Å². The lowest BCUT2D eigenvalue weighted by atomic mass is 10.1. The zero-order valence-corrected chi connectivity index (χ0v) is 17.2. The molecule has 1 aromatic rings. The first-order valence-corrected chi connectivity index (χ1v) is 9.99. The number of halogens is 1. The van der Waals surface area contributed by atoms with Gasteiger partial charge in [0.2, 0.25) is 5.91 Å². The average Bonchev–Trinajstić information content (AvgIpc) is 3.16. The van der Waals surface area contributed by atoms with Crippen LogP contribution in [0.15, 0.2) is 24.3 Å². The Morgan fingerprint density at radius 3 is 2.14 bits per heavy atom. The molecular weight excluding hydrogens is 377 g/mol. The van der Waals surface area contributed by atoms with Crippen LogP contribution in [0.2, 0.25) is 0 Å². The molecule has 2 saturated heterocycles. The Morgan fingerprint density at radius 1 is 0.966 bits per heavy atom. The highest BCUT2D eigenvalue weighted by Crippen LogP contribution is 2.23. The van der Waals surface area contributed by atoms with Gasteiger partial charge in [-0.3, -0.25) is 14.5 Å². The van der Waals surface area contributed by atoms with E-state index < -0.39 is 17.7 Å². The van der Waals surface area contributed by atoms with Gasteiger partial charge in [0.25, 0.3) is 5.91 Å². The molecule has 0 unspecified atom stereocenters. The first-order chi connectivity index (χ1) is 13.7. The maximum Gasteiger partial charge on any atom is 0.410 e. The summed E-state index contributed by atoms with van der Waals surface area (Å²) in [5.41, 5.74) is -0.183. The molecule has 2 aliphatic rings. The number of likely N-dealkylation sites (tertiary alicyclic amines) is 1. The number of rotatable bonds is 2. The van der Waals surface area contributed by atoms with E-state index in [1.54, 1.807) is 30.6 Å². The van der Waals surface area contributed by atoms with Gasteiger partial charge in [-0.05, 0) is 57.9 Å². The summed E-state index contributed by atoms with van der Waals surface area (Å²) in [6.07, 6.45) is 0.921. The molecule has 3 rings (SSSR count). The fourth-order valence-corrected chi connectivity index (χ4v) is 3.68. The number of carbonyl (C=O) groups is 3. The first kappa shape index (κ1) is 21.1. The van der Waals surface area contributed by atoms with Crippen molar-refractivity contribution in [1.82, 2.24) is 14.7 Å². The Bertz CT molecular complexity index is 767. The maximum absolute atomic E-state index is 13.1. The third kappa shape index (κ3) is 5.05. The summed E-state index contributed by atoms with van der Waals surface area (Å²) in [6, 6.07) is 4.94. The van der Waals surface area contributed by atoms with E-state index in [-0.39, 0.29) is 17.6 Å². The molecule has 2 heterocycles. The van der Waals surface area contributed by atoms with Crippen LogP contribution in [0.25, 0.3) is 0 Å². The average molecular weight is 405 g/mol. The van der Waals surface area contributed by atoms with Crippen LogP contribution >= 0.6 is 0 Å². The minimum atomic E-state index is -0.611. The molecule has 1 aromatic carbocycles. The van der Waals surface area contributed by atoms with Gasteiger partial charge >= 0.3 is 6.09 Å². The van der Waals surface area contributed by atoms with Crippen LogP contribution in [0.1, 0.15) is 44.0 Å². The van der Waals surface area contributed by atoms with Crippen molar-refractivity contribution in [2.45, 2.75) is 45.3 Å². The predicted molar refractivity (Wildman–Crippen MR) is 105 cm³/mol. The normalized spacial score (nSPS) is 20.0. The summed E-state index contributed by atoms with van der Waals surface area (Å²) < 4.78 is 18.5. The highest BCUT2D eigenvalue weighted by atomic mass is 19.1. The number of amides is 3. The van der Waals surface area contributed by atoms with Crippen LogP contribution in [0.3, 0.4) is 0 Å². The van der Waals surface area contributed by atoms with Gasteiger partial charge < -0.3 is 14.5 Å². The van der Waals surface area contributed by atoms with Crippen molar-refractivity contribution >= 4 is 17.9 Å². The standard InChI is InChI=1S/C21H28FN3O4/c1-21(2,3)29-20(28)25-10-4-5-17(25)19(27)24-13-11-23(12-14-24)18(26)15-6-8-16(22)9-7-15/h6-9,17H,4-5,10-14H2,1-3H3/t17-/m1/s1. The van der Waals surface area contributed by atoms with Crippen LogP contribution in [0.5, 0.6) is 0 Å². The Hall–Kier alpha value is -2.64. The molecule has 2 aliphatic heterocycles. The molecule has 0 N–H and O–H groups in total. The van der Waals surface area contributed by atoms with E-state index in [0.29, 0.717) is 44.7 Å². The summed E-state index contributed by atoms with van der Waals surface area (Å²) in [5, 5.41) is 0. The third-order valence-corrected chi connectivity index (χ3v) is 5.14. The minimum Gasteiger partial charge on any atom is -0.444 e. The van der Waals surface area contributed by atoms with Crippen molar-refractivity contribution in [3.05, 3.63) is 35.6 Å². The summed E-state index contributed by atoms with van der Waals surface area (Å²) in [6.45, 7) is 7.53. The van der Waals surface area contributed by atoms with Crippen LogP contribution in [0, 0.1) is 5.82 Å². The van der Waals surface area contributed by atoms with Gasteiger partial charge in [-0.1, -0.05) is 0 Å². The van der Waals surface area contributed by atoms with Gasteiger partial charge in [-0.25, -0.2) is 9.18 Å². The lowest BCUT2D eigenvalue weighted by Crippen LogP contribution is -2.55. The van der Waals surface area contributed by atoms with Gasteiger partial charge in [-0.2, -0.15) is 0 Å². The van der Waals surface area contributed by atoms with Gasteiger partial charge in [0.05, 0.1) is 0 Å². The van der Waals surface area contributed by atoms with E-state index in [1.165, 1.54) is 29.2 Å². The molecule has 0 radical (unpaired) electrons. The molecule has 2 fully saturated rings. The van der Waals surface area contributed by atoms with Crippen LogP contribution in [-0.4, -0.2) is 77.0 Å². The van der Waals surface area contributed by atoms with E-state index in [2.05, 4.69) is 0 Å². The number of carbonyl (C=O) groups excluding carboxylic acids is 3. The lowest BCUT2D eigenvalue weighted by molar-refractivity contribution is -0.137. The van der Waals surface area contributed by atoms with E-state index in [9.17, 15) is 18.8 Å². The van der Waals surface area contributed by atoms with Crippen molar-refractivity contribution in [2.24, 2.45) is 0 Å². The summed E-state index contributed by atoms with van der Waals surface area (Å²) in [7, 11) is 0. The fourth-order valence-electron chi connectivity index (χ4n) is 3.68. The second-order valence-corrected chi connectivity index (χ2v) is 8.46. The van der Waals surface area contributed by atoms with Crippen LogP contribution < -0.4 is 0 Å². The highest BCUT2D eigenvalue weighted by Gasteiger charge is 2.39. The van der Waals surface area contributed by atoms with Crippen molar-refractivity contribution < 1.29 is 23.5 Å². The largest absolute Gasteiger partial charge is 0.444 e. The number of nitrogens with zero attached hydrogens (tertiary/aromatic N) is 3. The van der Waals surface area contributed by atoms with Crippen molar-refractivity contribution in [2.75, 3.05) is 32.7 Å². The minimum absolute atomic E-state index is 0.0951. The second kappa shape index (κ2) is 8.39. The molecule has 1 atom stereocenters. The monoisotopic (exact) mass is 405 g/mol. The van der Waals surface area contributed by atoms with Crippen molar-refractivity contribution in [3.8, 4) is 0 Å². The Balaban J connectivity index is 1.57. The molecule has 0 spiro atoms. The smallest absolute Gasteiger partial charge is 0.410 e. The lowest BCUT2D eigenvalue weighted by Gasteiger charge is -2.37. The summed E-state index contributed by atoms with van der Waals surface area (Å²) >= 11 is 0. The number of hydrogen-bond acceptors (Lipinski definition) is 4. The van der Waals surface area contributed by atoms with E-state index in [0.717, 1.165) is 6.42 Å². The molecule has 3 amide bonds. The van der Waals surface area contributed by atoms with E-state index >= 15 is 0 Å². The topological polar surface area (TPSA) is 70.2 Å². The second-order valence-electron chi connectivity index (χ2n) is 8.46. The molecule has 8 heteroatoms. The van der Waals surface area contributed by atoms with Gasteiger partial charge in [0.1, 0.15) is 17.5 Å². The summed E-state index contributed by atoms with van der Waals surface area (Å²) in [4.78, 5) is 42.9. The highest BCUT2D eigenvalue weighted by molar-refractivity contribution is 5.94. The molecular formula is C21H28FN3O4. The molecule has 0 aliphatic carbocycles. The molecule has 0 saturated carbocycles. The maximum atomic E-state index is 13.1. The van der Waals surface area contributed by atoms with Crippen molar-refractivity contribution in [3.63, 3.8) is 0 Å². The van der Waals surface area contributed by atoms with Crippen LogP contribution in [-0.2, 0) is 9.53 Å². The molecule has 0 bridgehead atoms. The predicted octanol–water partition coefficient (Wildman–Crippen LogP) is 2.51. The van der Waals surface area contributed by atoms with E-state index in [1.807, 2.05) is 0 Å². The van der Waals surface area contributed by atoms with Crippen molar-refractivity contribution in [1.29, 1.82) is 0 Å². The zero-order valence-electron chi connectivity index (χ0n) is 17.2. The molecule has 0 aromatic heterocycles. The number of hydrogen-bond donors (Lipinski definition) is 0. The third-order valence-electron chi connectivity index (χ3n) is 5.14. The Morgan fingerprint density at radius 2 is 1.55 bits per heavy atom. The molecule has 7 nitrogen and oxygen atoms in total. The van der Waals surface area contributed by atoms with Gasteiger partial charge in [-0.15, -0.1) is 0 Å².